The number of hydrogen-bond acceptors (Lipinski definition) is 6. The first-order valence-corrected chi connectivity index (χ1v) is 8.93. The van der Waals surface area contributed by atoms with Gasteiger partial charge in [-0.2, -0.15) is 23.5 Å². The number of carbonyl (C=O) groups is 1. The van der Waals surface area contributed by atoms with E-state index in [1.54, 1.807) is 5.38 Å². The van der Waals surface area contributed by atoms with Crippen molar-refractivity contribution in [2.24, 2.45) is 5.73 Å². The second-order valence-corrected chi connectivity index (χ2v) is 7.59. The molecule has 1 amide bonds. The van der Waals surface area contributed by atoms with Crippen LogP contribution >= 0.6 is 34.9 Å². The molecule has 2 rings (SSSR count). The van der Waals surface area contributed by atoms with Crippen molar-refractivity contribution in [1.82, 2.24) is 10.3 Å². The molecule has 1 fully saturated rings. The lowest BCUT2D eigenvalue weighted by atomic mass is 10.4. The van der Waals surface area contributed by atoms with Gasteiger partial charge in [0.15, 0.2) is 0 Å². The van der Waals surface area contributed by atoms with Gasteiger partial charge in [0, 0.05) is 34.4 Å². The summed E-state index contributed by atoms with van der Waals surface area (Å²) in [5, 5.41) is 6.06. The van der Waals surface area contributed by atoms with Crippen molar-refractivity contribution >= 4 is 40.8 Å². The zero-order chi connectivity index (χ0) is 13.0. The standard InChI is InChI=1S/C11H17N3OS3/c1-7(12)11-14-9(6-18-11)10(15)13-4-8-5-16-2-3-17-8/h6-8H,2-5,12H2,1H3,(H,13,15). The summed E-state index contributed by atoms with van der Waals surface area (Å²) in [6, 6.07) is -0.109. The van der Waals surface area contributed by atoms with E-state index in [1.807, 2.05) is 30.4 Å². The van der Waals surface area contributed by atoms with Gasteiger partial charge in [-0.05, 0) is 6.92 Å². The Hall–Kier alpha value is -0.240. The van der Waals surface area contributed by atoms with E-state index in [0.29, 0.717) is 10.9 Å². The number of hydrogen-bond donors (Lipinski definition) is 2. The van der Waals surface area contributed by atoms with Gasteiger partial charge >= 0.3 is 0 Å². The summed E-state index contributed by atoms with van der Waals surface area (Å²) in [6.07, 6.45) is 0. The molecular formula is C11H17N3OS3. The zero-order valence-corrected chi connectivity index (χ0v) is 12.7. The molecule has 0 spiro atoms. The van der Waals surface area contributed by atoms with Crippen LogP contribution in [0.2, 0.25) is 0 Å². The molecule has 0 bridgehead atoms. The molecule has 7 heteroatoms. The van der Waals surface area contributed by atoms with Crippen molar-refractivity contribution in [1.29, 1.82) is 0 Å². The first kappa shape index (κ1) is 14.2. The molecular weight excluding hydrogens is 286 g/mol. The molecule has 0 aliphatic carbocycles. The summed E-state index contributed by atoms with van der Waals surface area (Å²) >= 11 is 5.33. The van der Waals surface area contributed by atoms with Crippen molar-refractivity contribution in [2.45, 2.75) is 18.2 Å². The number of amides is 1. The van der Waals surface area contributed by atoms with E-state index in [-0.39, 0.29) is 11.9 Å². The molecule has 18 heavy (non-hydrogen) atoms. The summed E-state index contributed by atoms with van der Waals surface area (Å²) in [7, 11) is 0. The van der Waals surface area contributed by atoms with Gasteiger partial charge in [0.25, 0.3) is 5.91 Å². The number of carbonyl (C=O) groups excluding carboxylic acids is 1. The van der Waals surface area contributed by atoms with Gasteiger partial charge < -0.3 is 11.1 Å². The normalized spacial score (nSPS) is 21.6. The number of nitrogens with zero attached hydrogens (tertiary/aromatic N) is 1. The zero-order valence-electron chi connectivity index (χ0n) is 10.2. The Kier molecular flexibility index (Phi) is 5.35. The van der Waals surface area contributed by atoms with Crippen molar-refractivity contribution in [3.8, 4) is 0 Å². The second-order valence-electron chi connectivity index (χ2n) is 4.14. The van der Waals surface area contributed by atoms with Gasteiger partial charge in [-0.25, -0.2) is 4.98 Å². The number of thiazole rings is 1. The lowest BCUT2D eigenvalue weighted by Crippen LogP contribution is -2.33. The van der Waals surface area contributed by atoms with Gasteiger partial charge in [-0.3, -0.25) is 4.79 Å². The van der Waals surface area contributed by atoms with Gasteiger partial charge in [0.2, 0.25) is 0 Å². The molecule has 0 saturated carbocycles. The van der Waals surface area contributed by atoms with E-state index in [0.717, 1.165) is 17.3 Å². The van der Waals surface area contributed by atoms with Gasteiger partial charge in [0.05, 0.1) is 6.04 Å². The van der Waals surface area contributed by atoms with Crippen LogP contribution in [0.15, 0.2) is 5.38 Å². The third-order valence-corrected chi connectivity index (χ3v) is 6.41. The molecule has 4 nitrogen and oxygen atoms in total. The molecule has 2 atom stereocenters. The molecule has 100 valence electrons. The summed E-state index contributed by atoms with van der Waals surface area (Å²) in [6.45, 7) is 2.60. The predicted molar refractivity (Wildman–Crippen MR) is 80.6 cm³/mol. The SMILES string of the molecule is CC(N)c1nc(C(=O)NCC2CSCCS2)cs1. The smallest absolute Gasteiger partial charge is 0.270 e. The minimum Gasteiger partial charge on any atom is -0.350 e. The summed E-state index contributed by atoms with van der Waals surface area (Å²) < 4.78 is 0. The maximum atomic E-state index is 11.9. The Morgan fingerprint density at radius 3 is 3.11 bits per heavy atom. The van der Waals surface area contributed by atoms with Crippen molar-refractivity contribution in [3.63, 3.8) is 0 Å². The summed E-state index contributed by atoms with van der Waals surface area (Å²) in [5.41, 5.74) is 6.21. The van der Waals surface area contributed by atoms with E-state index in [1.165, 1.54) is 22.8 Å². The highest BCUT2D eigenvalue weighted by Crippen LogP contribution is 2.23. The van der Waals surface area contributed by atoms with Crippen LogP contribution in [-0.2, 0) is 0 Å². The maximum absolute atomic E-state index is 11.9. The average Bonchev–Trinajstić information content (AvgIpc) is 2.87. The van der Waals surface area contributed by atoms with Crippen molar-refractivity contribution in [3.05, 3.63) is 16.1 Å². The van der Waals surface area contributed by atoms with Crippen LogP contribution in [0.1, 0.15) is 28.5 Å². The van der Waals surface area contributed by atoms with Crippen LogP contribution in [0.3, 0.4) is 0 Å². The Labute approximate surface area is 120 Å². The molecule has 1 aliphatic heterocycles. The number of nitrogens with two attached hydrogens (primary N) is 1. The van der Waals surface area contributed by atoms with E-state index in [9.17, 15) is 4.79 Å². The molecule has 1 aliphatic rings. The molecule has 2 heterocycles. The summed E-state index contributed by atoms with van der Waals surface area (Å²) in [5.74, 6) is 3.43. The highest BCUT2D eigenvalue weighted by molar-refractivity contribution is 8.06. The molecule has 1 saturated heterocycles. The van der Waals surface area contributed by atoms with Gasteiger partial charge in [-0.15, -0.1) is 11.3 Å². The topological polar surface area (TPSA) is 68.0 Å². The highest BCUT2D eigenvalue weighted by Gasteiger charge is 2.17. The third kappa shape index (κ3) is 3.88. The second kappa shape index (κ2) is 6.79. The van der Waals surface area contributed by atoms with Crippen LogP contribution < -0.4 is 11.1 Å². The van der Waals surface area contributed by atoms with E-state index >= 15 is 0 Å². The van der Waals surface area contributed by atoms with E-state index < -0.39 is 0 Å². The van der Waals surface area contributed by atoms with Crippen molar-refractivity contribution in [2.75, 3.05) is 23.8 Å². The summed E-state index contributed by atoms with van der Waals surface area (Å²) in [4.78, 5) is 16.1. The first-order valence-electron chi connectivity index (χ1n) is 5.85. The van der Waals surface area contributed by atoms with Crippen LogP contribution in [-0.4, -0.2) is 39.9 Å². The third-order valence-electron chi connectivity index (χ3n) is 2.52. The lowest BCUT2D eigenvalue weighted by molar-refractivity contribution is 0.0950. The number of aromatic nitrogens is 1. The van der Waals surface area contributed by atoms with Crippen LogP contribution in [0.25, 0.3) is 0 Å². The monoisotopic (exact) mass is 303 g/mol. The van der Waals surface area contributed by atoms with Crippen LogP contribution in [0, 0.1) is 0 Å². The van der Waals surface area contributed by atoms with Gasteiger partial charge in [-0.1, -0.05) is 0 Å². The fourth-order valence-electron chi connectivity index (χ4n) is 1.55. The number of rotatable bonds is 4. The Morgan fingerprint density at radius 2 is 2.50 bits per heavy atom. The molecule has 1 aromatic rings. The molecule has 3 N–H and O–H groups in total. The first-order chi connectivity index (χ1) is 8.66. The lowest BCUT2D eigenvalue weighted by Gasteiger charge is -2.20. The van der Waals surface area contributed by atoms with Crippen LogP contribution in [0.4, 0.5) is 0 Å². The molecule has 2 unspecified atom stereocenters. The maximum Gasteiger partial charge on any atom is 0.270 e. The fraction of sp³-hybridized carbons (Fsp3) is 0.636. The minimum absolute atomic E-state index is 0.0886. The van der Waals surface area contributed by atoms with E-state index in [4.69, 9.17) is 5.73 Å². The fourth-order valence-corrected chi connectivity index (χ4v) is 4.92. The Bertz CT molecular complexity index is 402. The minimum atomic E-state index is -0.109. The predicted octanol–water partition coefficient (Wildman–Crippen LogP) is 1.74. The molecule has 0 aromatic carbocycles. The number of nitrogens with one attached hydrogen (secondary N) is 1. The van der Waals surface area contributed by atoms with Crippen molar-refractivity contribution < 1.29 is 4.79 Å². The van der Waals surface area contributed by atoms with E-state index in [2.05, 4.69) is 10.3 Å². The Balaban J connectivity index is 1.83. The molecule has 0 radical (unpaired) electrons. The Morgan fingerprint density at radius 1 is 1.67 bits per heavy atom. The highest BCUT2D eigenvalue weighted by atomic mass is 32.2. The number of thioether (sulfide) groups is 2. The van der Waals surface area contributed by atoms with Gasteiger partial charge in [0.1, 0.15) is 10.7 Å². The quantitative estimate of drug-likeness (QED) is 0.887. The largest absolute Gasteiger partial charge is 0.350 e. The molecule has 1 aromatic heterocycles. The average molecular weight is 303 g/mol. The van der Waals surface area contributed by atoms with Crippen LogP contribution in [0.5, 0.6) is 0 Å².